The number of hydrogen-bond acceptors (Lipinski definition) is 1. The van der Waals surface area contributed by atoms with Gasteiger partial charge in [0.15, 0.2) is 0 Å². The van der Waals surface area contributed by atoms with Gasteiger partial charge in [0.25, 0.3) is 0 Å². The van der Waals surface area contributed by atoms with E-state index in [1.807, 2.05) is 0 Å². The lowest BCUT2D eigenvalue weighted by atomic mass is 10.0. The van der Waals surface area contributed by atoms with Gasteiger partial charge in [-0.1, -0.05) is 26.2 Å². The van der Waals surface area contributed by atoms with Crippen LogP contribution in [0.15, 0.2) is 4.99 Å². The zero-order valence-corrected chi connectivity index (χ0v) is 9.40. The molecule has 0 atom stereocenters. The Hall–Kier alpha value is -0.330. The van der Waals surface area contributed by atoms with Crippen LogP contribution in [0.2, 0.25) is 0 Å². The number of unbranched alkanes of at least 4 members (excludes halogenated alkanes) is 1. The maximum atomic E-state index is 4.86. The third-order valence-corrected chi connectivity index (χ3v) is 3.03. The Bertz CT molecular complexity index is 176. The highest BCUT2D eigenvalue weighted by atomic mass is 14.9. The van der Waals surface area contributed by atoms with Crippen LogP contribution in [0, 0.1) is 0 Å². The smallest absolute Gasteiger partial charge is 0.0579 e. The SMILES string of the molecule is CCCCC(C)=NC1(C)CCCC1. The molecule has 0 aromatic carbocycles. The molecule has 1 heteroatoms. The first kappa shape index (κ1) is 10.7. The van der Waals surface area contributed by atoms with E-state index in [1.54, 1.807) is 0 Å². The lowest BCUT2D eigenvalue weighted by molar-refractivity contribution is 0.489. The molecule has 0 aromatic heterocycles. The molecule has 0 radical (unpaired) electrons. The molecule has 1 fully saturated rings. The van der Waals surface area contributed by atoms with E-state index in [0.717, 1.165) is 0 Å². The first-order valence-corrected chi connectivity index (χ1v) is 5.71. The third kappa shape index (κ3) is 3.50. The van der Waals surface area contributed by atoms with Crippen LogP contribution < -0.4 is 0 Å². The van der Waals surface area contributed by atoms with Crippen molar-refractivity contribution in [1.29, 1.82) is 0 Å². The van der Waals surface area contributed by atoms with Gasteiger partial charge in [0.1, 0.15) is 0 Å². The van der Waals surface area contributed by atoms with Gasteiger partial charge in [0, 0.05) is 5.71 Å². The predicted octanol–water partition coefficient (Wildman–Crippen LogP) is 3.97. The molecular formula is C12H23N. The van der Waals surface area contributed by atoms with Crippen molar-refractivity contribution in [2.75, 3.05) is 0 Å². The Kier molecular flexibility index (Phi) is 3.95. The minimum Gasteiger partial charge on any atom is -0.288 e. The average molecular weight is 181 g/mol. The number of nitrogens with zero attached hydrogens (tertiary/aromatic N) is 1. The summed E-state index contributed by atoms with van der Waals surface area (Å²) in [4.78, 5) is 4.86. The second-order valence-corrected chi connectivity index (χ2v) is 4.65. The van der Waals surface area contributed by atoms with Gasteiger partial charge in [0.05, 0.1) is 5.54 Å². The summed E-state index contributed by atoms with van der Waals surface area (Å²) >= 11 is 0. The Morgan fingerprint density at radius 2 is 1.92 bits per heavy atom. The van der Waals surface area contributed by atoms with Gasteiger partial charge in [-0.3, -0.25) is 4.99 Å². The van der Waals surface area contributed by atoms with Gasteiger partial charge in [-0.2, -0.15) is 0 Å². The van der Waals surface area contributed by atoms with Gasteiger partial charge in [0.2, 0.25) is 0 Å². The first-order valence-electron chi connectivity index (χ1n) is 5.71. The molecule has 0 N–H and O–H groups in total. The molecule has 0 bridgehead atoms. The molecule has 13 heavy (non-hydrogen) atoms. The van der Waals surface area contributed by atoms with Crippen molar-refractivity contribution >= 4 is 5.71 Å². The molecule has 1 nitrogen and oxygen atoms in total. The maximum absolute atomic E-state index is 4.86. The normalized spacial score (nSPS) is 22.2. The average Bonchev–Trinajstić information content (AvgIpc) is 2.48. The van der Waals surface area contributed by atoms with Crippen molar-refractivity contribution in [1.82, 2.24) is 0 Å². The number of rotatable bonds is 4. The van der Waals surface area contributed by atoms with Gasteiger partial charge < -0.3 is 0 Å². The molecule has 0 unspecified atom stereocenters. The van der Waals surface area contributed by atoms with Crippen molar-refractivity contribution in [2.45, 2.75) is 71.3 Å². The summed E-state index contributed by atoms with van der Waals surface area (Å²) in [5.41, 5.74) is 1.67. The zero-order chi connectivity index (χ0) is 9.73. The molecule has 1 saturated carbocycles. The fourth-order valence-corrected chi connectivity index (χ4v) is 2.20. The molecule has 0 spiro atoms. The largest absolute Gasteiger partial charge is 0.288 e. The van der Waals surface area contributed by atoms with Crippen LogP contribution in [-0.2, 0) is 0 Å². The summed E-state index contributed by atoms with van der Waals surface area (Å²) in [7, 11) is 0. The fraction of sp³-hybridized carbons (Fsp3) is 0.917. The van der Waals surface area contributed by atoms with E-state index >= 15 is 0 Å². The van der Waals surface area contributed by atoms with Crippen LogP contribution in [-0.4, -0.2) is 11.3 Å². The molecule has 0 amide bonds. The molecule has 0 heterocycles. The van der Waals surface area contributed by atoms with Crippen LogP contribution in [0.5, 0.6) is 0 Å². The summed E-state index contributed by atoms with van der Waals surface area (Å²) in [6, 6.07) is 0. The Morgan fingerprint density at radius 1 is 1.31 bits per heavy atom. The molecule has 0 saturated heterocycles. The van der Waals surface area contributed by atoms with Gasteiger partial charge >= 0.3 is 0 Å². The molecule has 0 aromatic rings. The van der Waals surface area contributed by atoms with E-state index in [1.165, 1.54) is 50.7 Å². The molecule has 1 aliphatic carbocycles. The molecule has 1 rings (SSSR count). The monoisotopic (exact) mass is 181 g/mol. The predicted molar refractivity (Wildman–Crippen MR) is 59.5 cm³/mol. The van der Waals surface area contributed by atoms with E-state index in [4.69, 9.17) is 4.99 Å². The van der Waals surface area contributed by atoms with E-state index in [2.05, 4.69) is 20.8 Å². The minimum atomic E-state index is 0.303. The second kappa shape index (κ2) is 4.78. The van der Waals surface area contributed by atoms with Crippen LogP contribution in [0.25, 0.3) is 0 Å². The van der Waals surface area contributed by atoms with E-state index in [9.17, 15) is 0 Å². The first-order chi connectivity index (χ1) is 6.16. The summed E-state index contributed by atoms with van der Waals surface area (Å²) in [6.45, 7) is 6.75. The molecule has 1 aliphatic rings. The maximum Gasteiger partial charge on any atom is 0.0579 e. The summed E-state index contributed by atoms with van der Waals surface area (Å²) in [5.74, 6) is 0. The van der Waals surface area contributed by atoms with E-state index in [-0.39, 0.29) is 0 Å². The third-order valence-electron chi connectivity index (χ3n) is 3.03. The number of hydrogen-bond donors (Lipinski definition) is 0. The van der Waals surface area contributed by atoms with E-state index < -0.39 is 0 Å². The zero-order valence-electron chi connectivity index (χ0n) is 9.40. The standard InChI is InChI=1S/C12H23N/c1-4-5-8-11(2)13-12(3)9-6-7-10-12/h4-10H2,1-3H3. The fourth-order valence-electron chi connectivity index (χ4n) is 2.20. The van der Waals surface area contributed by atoms with Crippen molar-refractivity contribution in [3.8, 4) is 0 Å². The van der Waals surface area contributed by atoms with Crippen LogP contribution in [0.4, 0.5) is 0 Å². The minimum absolute atomic E-state index is 0.303. The van der Waals surface area contributed by atoms with Crippen molar-refractivity contribution < 1.29 is 0 Å². The lowest BCUT2D eigenvalue weighted by Crippen LogP contribution is -2.18. The van der Waals surface area contributed by atoms with Crippen molar-refractivity contribution in [3.05, 3.63) is 0 Å². The molecular weight excluding hydrogens is 158 g/mol. The highest BCUT2D eigenvalue weighted by Crippen LogP contribution is 2.32. The van der Waals surface area contributed by atoms with Crippen LogP contribution >= 0.6 is 0 Å². The van der Waals surface area contributed by atoms with Crippen LogP contribution in [0.3, 0.4) is 0 Å². The van der Waals surface area contributed by atoms with Gasteiger partial charge in [-0.25, -0.2) is 0 Å². The van der Waals surface area contributed by atoms with Crippen LogP contribution in [0.1, 0.15) is 65.7 Å². The lowest BCUT2D eigenvalue weighted by Gasteiger charge is -2.19. The Balaban J connectivity index is 2.42. The topological polar surface area (TPSA) is 12.4 Å². The summed E-state index contributed by atoms with van der Waals surface area (Å²) in [6.07, 6.45) is 9.14. The molecule has 0 aliphatic heterocycles. The Morgan fingerprint density at radius 3 is 2.46 bits per heavy atom. The second-order valence-electron chi connectivity index (χ2n) is 4.65. The quantitative estimate of drug-likeness (QED) is 0.582. The highest BCUT2D eigenvalue weighted by Gasteiger charge is 2.27. The van der Waals surface area contributed by atoms with Crippen molar-refractivity contribution in [3.63, 3.8) is 0 Å². The van der Waals surface area contributed by atoms with Gasteiger partial charge in [-0.05, 0) is 39.5 Å². The number of aliphatic imine (C=N–C) groups is 1. The van der Waals surface area contributed by atoms with Crippen molar-refractivity contribution in [2.24, 2.45) is 4.99 Å². The van der Waals surface area contributed by atoms with E-state index in [0.29, 0.717) is 5.54 Å². The summed E-state index contributed by atoms with van der Waals surface area (Å²) < 4.78 is 0. The Labute approximate surface area is 82.6 Å². The summed E-state index contributed by atoms with van der Waals surface area (Å²) in [5, 5.41) is 0. The highest BCUT2D eigenvalue weighted by molar-refractivity contribution is 5.82. The molecule has 76 valence electrons. The van der Waals surface area contributed by atoms with Gasteiger partial charge in [-0.15, -0.1) is 0 Å².